The van der Waals surface area contributed by atoms with E-state index in [2.05, 4.69) is 10.1 Å². The van der Waals surface area contributed by atoms with E-state index in [0.717, 1.165) is 11.3 Å². The van der Waals surface area contributed by atoms with E-state index in [1.807, 2.05) is 36.5 Å². The lowest BCUT2D eigenvalue weighted by Crippen LogP contribution is -2.52. The monoisotopic (exact) mass is 418 g/mol. The molecule has 1 aromatic carbocycles. The van der Waals surface area contributed by atoms with Crippen molar-refractivity contribution in [3.8, 4) is 16.3 Å². The highest BCUT2D eigenvalue weighted by atomic mass is 32.2. The van der Waals surface area contributed by atoms with Gasteiger partial charge in [-0.1, -0.05) is 18.2 Å². The smallest absolute Gasteiger partial charge is 0.277 e. The summed E-state index contributed by atoms with van der Waals surface area (Å²) in [6.07, 6.45) is 3.58. The summed E-state index contributed by atoms with van der Waals surface area (Å²) in [7, 11) is -3.72. The number of aromatic nitrogens is 3. The molecule has 0 radical (unpaired) electrons. The second-order valence-electron chi connectivity index (χ2n) is 6.28. The number of carbonyl (C=O) groups is 1. The third-order valence-electron chi connectivity index (χ3n) is 4.46. The third-order valence-corrected chi connectivity index (χ3v) is 6.44. The van der Waals surface area contributed by atoms with Crippen molar-refractivity contribution < 1.29 is 13.2 Å². The molecule has 3 aromatic rings. The van der Waals surface area contributed by atoms with Crippen molar-refractivity contribution in [2.24, 2.45) is 5.14 Å². The van der Waals surface area contributed by atoms with Crippen LogP contribution in [0.4, 0.5) is 0 Å². The van der Waals surface area contributed by atoms with Gasteiger partial charge in [0.2, 0.25) is 0 Å². The van der Waals surface area contributed by atoms with Crippen LogP contribution in [0.25, 0.3) is 16.3 Å². The maximum atomic E-state index is 12.7. The van der Waals surface area contributed by atoms with Crippen LogP contribution in [0.1, 0.15) is 10.5 Å². The molecule has 0 bridgehead atoms. The summed E-state index contributed by atoms with van der Waals surface area (Å²) >= 11 is 1.37. The van der Waals surface area contributed by atoms with Gasteiger partial charge in [-0.2, -0.15) is 17.8 Å². The van der Waals surface area contributed by atoms with E-state index < -0.39 is 10.2 Å². The van der Waals surface area contributed by atoms with Crippen LogP contribution in [-0.2, 0) is 10.2 Å². The SMILES string of the molecule is NS(=O)(=O)N1CCN(C(=O)c2csc(-c3cnn(-c4ccccc4)c3)n2)CC1. The maximum Gasteiger partial charge on any atom is 0.277 e. The molecule has 2 aromatic heterocycles. The van der Waals surface area contributed by atoms with E-state index in [0.29, 0.717) is 10.7 Å². The molecule has 4 rings (SSSR count). The van der Waals surface area contributed by atoms with Crippen LogP contribution < -0.4 is 5.14 Å². The van der Waals surface area contributed by atoms with Gasteiger partial charge in [-0.05, 0) is 12.1 Å². The predicted octanol–water partition coefficient (Wildman–Crippen LogP) is 0.957. The number of carbonyl (C=O) groups excluding carboxylic acids is 1. The highest BCUT2D eigenvalue weighted by Gasteiger charge is 2.28. The lowest BCUT2D eigenvalue weighted by molar-refractivity contribution is 0.0693. The van der Waals surface area contributed by atoms with Gasteiger partial charge in [-0.15, -0.1) is 11.3 Å². The second kappa shape index (κ2) is 7.43. The fourth-order valence-corrected chi connectivity index (χ4v) is 4.41. The topological polar surface area (TPSA) is 114 Å². The molecule has 1 aliphatic heterocycles. The number of piperazine rings is 1. The van der Waals surface area contributed by atoms with Gasteiger partial charge < -0.3 is 4.90 Å². The van der Waals surface area contributed by atoms with Crippen molar-refractivity contribution in [3.05, 3.63) is 53.8 Å². The molecule has 3 heterocycles. The van der Waals surface area contributed by atoms with Gasteiger partial charge in [0.05, 0.1) is 11.9 Å². The van der Waals surface area contributed by atoms with E-state index in [-0.39, 0.29) is 32.1 Å². The minimum atomic E-state index is -3.72. The summed E-state index contributed by atoms with van der Waals surface area (Å²) in [6, 6.07) is 9.72. The first kappa shape index (κ1) is 18.7. The van der Waals surface area contributed by atoms with Crippen LogP contribution in [-0.4, -0.2) is 64.5 Å². The van der Waals surface area contributed by atoms with Gasteiger partial charge in [0, 0.05) is 43.3 Å². The largest absolute Gasteiger partial charge is 0.335 e. The number of nitrogens with two attached hydrogens (primary N) is 1. The summed E-state index contributed by atoms with van der Waals surface area (Å²) in [6.45, 7) is 0.943. The first-order valence-electron chi connectivity index (χ1n) is 8.55. The fraction of sp³-hybridized carbons (Fsp3) is 0.235. The molecule has 0 atom stereocenters. The molecule has 2 N–H and O–H groups in total. The van der Waals surface area contributed by atoms with E-state index in [1.165, 1.54) is 15.6 Å². The van der Waals surface area contributed by atoms with E-state index in [9.17, 15) is 13.2 Å². The van der Waals surface area contributed by atoms with Gasteiger partial charge in [-0.3, -0.25) is 4.79 Å². The number of hydrogen-bond donors (Lipinski definition) is 1. The average molecular weight is 419 g/mol. The molecule has 1 amide bonds. The van der Waals surface area contributed by atoms with E-state index in [4.69, 9.17) is 5.14 Å². The van der Waals surface area contributed by atoms with E-state index in [1.54, 1.807) is 21.2 Å². The first-order chi connectivity index (χ1) is 13.4. The summed E-state index contributed by atoms with van der Waals surface area (Å²) in [4.78, 5) is 18.7. The Morgan fingerprint density at radius 2 is 1.82 bits per heavy atom. The first-order valence-corrected chi connectivity index (χ1v) is 10.9. The molecule has 1 fully saturated rings. The lowest BCUT2D eigenvalue weighted by atomic mass is 10.3. The van der Waals surface area contributed by atoms with Crippen molar-refractivity contribution in [3.63, 3.8) is 0 Å². The van der Waals surface area contributed by atoms with Crippen molar-refractivity contribution in [2.45, 2.75) is 0 Å². The molecule has 11 heteroatoms. The van der Waals surface area contributed by atoms with Gasteiger partial charge in [0.25, 0.3) is 16.1 Å². The quantitative estimate of drug-likeness (QED) is 0.678. The number of amides is 1. The Morgan fingerprint density at radius 1 is 1.11 bits per heavy atom. The molecule has 0 aliphatic carbocycles. The van der Waals surface area contributed by atoms with Crippen LogP contribution >= 0.6 is 11.3 Å². The van der Waals surface area contributed by atoms with Crippen LogP contribution in [0.15, 0.2) is 48.1 Å². The number of thiazole rings is 1. The Hall–Kier alpha value is -2.60. The van der Waals surface area contributed by atoms with Crippen LogP contribution in [0.5, 0.6) is 0 Å². The van der Waals surface area contributed by atoms with Crippen molar-refractivity contribution in [2.75, 3.05) is 26.2 Å². The Labute approximate surface area is 166 Å². The molecule has 0 unspecified atom stereocenters. The molecule has 9 nitrogen and oxygen atoms in total. The zero-order valence-electron chi connectivity index (χ0n) is 14.8. The zero-order valence-corrected chi connectivity index (χ0v) is 16.4. The van der Waals surface area contributed by atoms with Gasteiger partial charge in [0.1, 0.15) is 10.7 Å². The fourth-order valence-electron chi connectivity index (χ4n) is 2.97. The number of benzene rings is 1. The van der Waals surface area contributed by atoms with Gasteiger partial charge in [-0.25, -0.2) is 14.8 Å². The molecule has 0 spiro atoms. The number of nitrogens with zero attached hydrogens (tertiary/aromatic N) is 5. The number of para-hydroxylation sites is 1. The summed E-state index contributed by atoms with van der Waals surface area (Å²) in [5.41, 5.74) is 2.11. The molecule has 1 saturated heterocycles. The lowest BCUT2D eigenvalue weighted by Gasteiger charge is -2.32. The number of rotatable bonds is 4. The highest BCUT2D eigenvalue weighted by Crippen LogP contribution is 2.25. The zero-order chi connectivity index (χ0) is 19.7. The van der Waals surface area contributed by atoms with E-state index >= 15 is 0 Å². The third kappa shape index (κ3) is 3.83. The minimum Gasteiger partial charge on any atom is -0.335 e. The molecule has 0 saturated carbocycles. The van der Waals surface area contributed by atoms with Crippen LogP contribution in [0, 0.1) is 0 Å². The second-order valence-corrected chi connectivity index (χ2v) is 8.69. The molecular weight excluding hydrogens is 400 g/mol. The standard InChI is InChI=1S/C17H18N6O3S2/c18-28(25,26)22-8-6-21(7-9-22)17(24)15-12-27-16(20-15)13-10-19-23(11-13)14-4-2-1-3-5-14/h1-5,10-12H,6-9H2,(H2,18,25,26). The Balaban J connectivity index is 1.46. The van der Waals surface area contributed by atoms with Crippen molar-refractivity contribution in [1.29, 1.82) is 0 Å². The molecule has 146 valence electrons. The highest BCUT2D eigenvalue weighted by molar-refractivity contribution is 7.86. The Morgan fingerprint density at radius 3 is 2.50 bits per heavy atom. The molecule has 1 aliphatic rings. The Kier molecular flexibility index (Phi) is 4.98. The Bertz CT molecular complexity index is 1090. The normalized spacial score (nSPS) is 15.7. The summed E-state index contributed by atoms with van der Waals surface area (Å²) < 4.78 is 25.7. The van der Waals surface area contributed by atoms with Crippen molar-refractivity contribution >= 4 is 27.5 Å². The van der Waals surface area contributed by atoms with Gasteiger partial charge in [0.15, 0.2) is 0 Å². The summed E-state index contributed by atoms with van der Waals surface area (Å²) in [5.74, 6) is -0.216. The number of hydrogen-bond acceptors (Lipinski definition) is 6. The molecule has 28 heavy (non-hydrogen) atoms. The summed E-state index contributed by atoms with van der Waals surface area (Å²) in [5, 5.41) is 11.9. The molecular formula is C17H18N6O3S2. The maximum absolute atomic E-state index is 12.7. The van der Waals surface area contributed by atoms with Crippen LogP contribution in [0.2, 0.25) is 0 Å². The minimum absolute atomic E-state index is 0.186. The average Bonchev–Trinajstić information content (AvgIpc) is 3.37. The predicted molar refractivity (Wildman–Crippen MR) is 105 cm³/mol. The van der Waals surface area contributed by atoms with Gasteiger partial charge >= 0.3 is 0 Å². The van der Waals surface area contributed by atoms with Crippen molar-refractivity contribution in [1.82, 2.24) is 24.0 Å². The van der Waals surface area contributed by atoms with Crippen LogP contribution in [0.3, 0.4) is 0 Å².